The van der Waals surface area contributed by atoms with Crippen LogP contribution in [0.5, 0.6) is 28.7 Å². The van der Waals surface area contributed by atoms with Gasteiger partial charge in [-0.05, 0) is 55.3 Å². The number of rotatable bonds is 11. The van der Waals surface area contributed by atoms with Crippen molar-refractivity contribution in [1.29, 1.82) is 0 Å². The van der Waals surface area contributed by atoms with Gasteiger partial charge in [-0.3, -0.25) is 4.98 Å². The van der Waals surface area contributed by atoms with Crippen LogP contribution in [-0.4, -0.2) is 31.2 Å². The second-order valence-electron chi connectivity index (χ2n) is 9.31. The summed E-state index contributed by atoms with van der Waals surface area (Å²) >= 11 is 6.71. The largest absolute Gasteiger partial charge is 0.573 e. The van der Waals surface area contributed by atoms with Crippen molar-refractivity contribution in [1.82, 2.24) is 4.98 Å². The highest BCUT2D eigenvalue weighted by Gasteiger charge is 2.31. The number of benzene rings is 3. The van der Waals surface area contributed by atoms with Gasteiger partial charge in [0.15, 0.2) is 11.5 Å². The minimum absolute atomic E-state index is 0.257. The molecule has 0 aliphatic rings. The van der Waals surface area contributed by atoms with Gasteiger partial charge < -0.3 is 23.7 Å². The molecular weight excluding hydrogens is 575 g/mol. The number of halogens is 4. The minimum atomic E-state index is -4.79. The van der Waals surface area contributed by atoms with Gasteiger partial charge in [-0.2, -0.15) is 0 Å². The maximum atomic E-state index is 12.5. The molecule has 0 atom stereocenters. The summed E-state index contributed by atoms with van der Waals surface area (Å²) in [7, 11) is 1.47. The molecule has 1 heterocycles. The predicted molar refractivity (Wildman–Crippen MR) is 153 cm³/mol. The van der Waals surface area contributed by atoms with E-state index in [1.54, 1.807) is 25.1 Å². The van der Waals surface area contributed by atoms with Crippen molar-refractivity contribution in [2.24, 2.45) is 0 Å². The van der Waals surface area contributed by atoms with Gasteiger partial charge in [0.2, 0.25) is 0 Å². The van der Waals surface area contributed by atoms with E-state index < -0.39 is 12.5 Å². The minimum Gasteiger partial charge on any atom is -0.493 e. The van der Waals surface area contributed by atoms with E-state index in [0.29, 0.717) is 45.2 Å². The molecule has 4 rings (SSSR count). The normalized spacial score (nSPS) is 11.3. The number of ether oxygens (including phenoxy) is 5. The quantitative estimate of drug-likeness (QED) is 0.125. The van der Waals surface area contributed by atoms with Gasteiger partial charge in [0, 0.05) is 34.8 Å². The average molecular weight is 604 g/mol. The van der Waals surface area contributed by atoms with E-state index in [4.69, 9.17) is 30.5 Å². The monoisotopic (exact) mass is 603 g/mol. The van der Waals surface area contributed by atoms with Gasteiger partial charge in [-0.25, -0.2) is 4.79 Å². The van der Waals surface area contributed by atoms with Crippen LogP contribution in [0.15, 0.2) is 60.8 Å². The molecule has 0 saturated heterocycles. The van der Waals surface area contributed by atoms with E-state index in [1.807, 2.05) is 12.1 Å². The Morgan fingerprint density at radius 3 is 2.38 bits per heavy atom. The van der Waals surface area contributed by atoms with E-state index >= 15 is 0 Å². The maximum Gasteiger partial charge on any atom is 0.573 e. The first-order chi connectivity index (χ1) is 20.1. The van der Waals surface area contributed by atoms with E-state index in [0.717, 1.165) is 43.4 Å². The summed E-state index contributed by atoms with van der Waals surface area (Å²) < 4.78 is 63.4. The number of pyridine rings is 1. The fraction of sp³-hybridized carbons (Fsp3) is 0.290. The summed E-state index contributed by atoms with van der Waals surface area (Å²) in [4.78, 5) is 16.6. The maximum absolute atomic E-state index is 12.5. The van der Waals surface area contributed by atoms with E-state index in [1.165, 1.54) is 25.4 Å². The molecule has 0 N–H and O–H groups in total. The van der Waals surface area contributed by atoms with Crippen LogP contribution < -0.4 is 18.9 Å². The third-order valence-corrected chi connectivity index (χ3v) is 6.63. The molecule has 0 amide bonds. The zero-order valence-corrected chi connectivity index (χ0v) is 24.0. The predicted octanol–water partition coefficient (Wildman–Crippen LogP) is 9.66. The zero-order chi connectivity index (χ0) is 30.3. The van der Waals surface area contributed by atoms with Crippen molar-refractivity contribution in [3.05, 3.63) is 71.4 Å². The van der Waals surface area contributed by atoms with Crippen molar-refractivity contribution in [2.45, 2.75) is 45.9 Å². The number of carbonyl (C=O) groups is 1. The Morgan fingerprint density at radius 1 is 0.952 bits per heavy atom. The molecule has 42 heavy (non-hydrogen) atoms. The van der Waals surface area contributed by atoms with E-state index in [9.17, 15) is 18.0 Å². The molecule has 1 aromatic heterocycles. The molecule has 0 aliphatic carbocycles. The smallest absolute Gasteiger partial charge is 0.493 e. The van der Waals surface area contributed by atoms with Crippen molar-refractivity contribution in [3.8, 4) is 39.9 Å². The highest BCUT2D eigenvalue weighted by molar-refractivity contribution is 6.34. The summed E-state index contributed by atoms with van der Waals surface area (Å²) in [6, 6.07) is 13.5. The lowest BCUT2D eigenvalue weighted by atomic mass is 9.97. The number of methoxy groups -OCH3 is 1. The van der Waals surface area contributed by atoms with E-state index in [2.05, 4.69) is 16.6 Å². The fourth-order valence-corrected chi connectivity index (χ4v) is 4.77. The standard InChI is InChI=1S/C31H29ClF3NO6/c1-4-5-6-7-16-39-30(37)41-26-14-15-36-25-17-20(8-13-23(25)26)28-19(2)29(38-3)27(18-24(28)32)40-21-9-11-22(12-10-21)42-31(33,34)35/h8-15,17-18H,4-7,16H2,1-3H3. The summed E-state index contributed by atoms with van der Waals surface area (Å²) in [6.07, 6.45) is -0.0977. The van der Waals surface area contributed by atoms with Gasteiger partial charge in [-0.15, -0.1) is 13.2 Å². The third-order valence-electron chi connectivity index (χ3n) is 6.33. The van der Waals surface area contributed by atoms with Crippen molar-refractivity contribution in [3.63, 3.8) is 0 Å². The molecular formula is C31H29ClF3NO6. The molecule has 7 nitrogen and oxygen atoms in total. The summed E-state index contributed by atoms with van der Waals surface area (Å²) in [6.45, 7) is 4.21. The van der Waals surface area contributed by atoms with Crippen LogP contribution in [0.25, 0.3) is 22.0 Å². The number of hydrogen-bond donors (Lipinski definition) is 0. The summed E-state index contributed by atoms with van der Waals surface area (Å²) in [5.41, 5.74) is 2.62. The Morgan fingerprint density at radius 2 is 1.69 bits per heavy atom. The van der Waals surface area contributed by atoms with Gasteiger partial charge in [0.05, 0.1) is 24.3 Å². The first-order valence-electron chi connectivity index (χ1n) is 13.2. The number of hydrogen-bond acceptors (Lipinski definition) is 7. The van der Waals surface area contributed by atoms with Crippen LogP contribution in [0.4, 0.5) is 18.0 Å². The number of fused-ring (bicyclic) bond motifs is 1. The average Bonchev–Trinajstić information content (AvgIpc) is 2.93. The number of unbranched alkanes of at least 4 members (excludes halogenated alkanes) is 3. The fourth-order valence-electron chi connectivity index (χ4n) is 4.42. The Hall–Kier alpha value is -4.18. The van der Waals surface area contributed by atoms with Crippen molar-refractivity contribution in [2.75, 3.05) is 13.7 Å². The van der Waals surface area contributed by atoms with E-state index in [-0.39, 0.29) is 17.2 Å². The first kappa shape index (κ1) is 30.8. The molecule has 0 unspecified atom stereocenters. The lowest BCUT2D eigenvalue weighted by Crippen LogP contribution is -2.16. The highest BCUT2D eigenvalue weighted by Crippen LogP contribution is 2.45. The van der Waals surface area contributed by atoms with Crippen LogP contribution in [0, 0.1) is 6.92 Å². The van der Waals surface area contributed by atoms with Crippen molar-refractivity contribution >= 4 is 28.7 Å². The Labute approximate surface area is 246 Å². The van der Waals surface area contributed by atoms with Crippen LogP contribution >= 0.6 is 11.6 Å². The van der Waals surface area contributed by atoms with Crippen LogP contribution in [0.1, 0.15) is 38.2 Å². The molecule has 222 valence electrons. The molecule has 4 aromatic rings. The molecule has 0 fully saturated rings. The molecule has 0 spiro atoms. The Kier molecular flexibility index (Phi) is 10.0. The molecule has 0 aliphatic heterocycles. The second kappa shape index (κ2) is 13.7. The second-order valence-corrected chi connectivity index (χ2v) is 9.72. The molecule has 0 saturated carbocycles. The molecule has 0 bridgehead atoms. The molecule has 0 radical (unpaired) electrons. The topological polar surface area (TPSA) is 76.1 Å². The lowest BCUT2D eigenvalue weighted by molar-refractivity contribution is -0.274. The lowest BCUT2D eigenvalue weighted by Gasteiger charge is -2.18. The van der Waals surface area contributed by atoms with Gasteiger partial charge >= 0.3 is 12.5 Å². The Bertz CT molecular complexity index is 1540. The Balaban J connectivity index is 1.56. The van der Waals surface area contributed by atoms with Crippen LogP contribution in [0.3, 0.4) is 0 Å². The summed E-state index contributed by atoms with van der Waals surface area (Å²) in [5.74, 6) is 0.867. The molecule has 11 heteroatoms. The highest BCUT2D eigenvalue weighted by atomic mass is 35.5. The number of alkyl halides is 3. The van der Waals surface area contributed by atoms with Gasteiger partial charge in [0.25, 0.3) is 0 Å². The molecule has 3 aromatic carbocycles. The number of nitrogens with zero attached hydrogens (tertiary/aromatic N) is 1. The first-order valence-corrected chi connectivity index (χ1v) is 13.6. The summed E-state index contributed by atoms with van der Waals surface area (Å²) in [5, 5.41) is 0.960. The number of aromatic nitrogens is 1. The van der Waals surface area contributed by atoms with Gasteiger partial charge in [-0.1, -0.05) is 43.9 Å². The van der Waals surface area contributed by atoms with Crippen LogP contribution in [-0.2, 0) is 4.74 Å². The SMILES string of the molecule is CCCCCCOC(=O)Oc1ccnc2cc(-c3c(Cl)cc(Oc4ccc(OC(F)(F)F)cc4)c(OC)c3C)ccc12. The number of carbonyl (C=O) groups excluding carboxylic acids is 1. The third kappa shape index (κ3) is 7.76. The van der Waals surface area contributed by atoms with Crippen molar-refractivity contribution < 1.29 is 41.7 Å². The van der Waals surface area contributed by atoms with Gasteiger partial charge in [0.1, 0.15) is 17.2 Å². The van der Waals surface area contributed by atoms with Crippen LogP contribution in [0.2, 0.25) is 5.02 Å². The zero-order valence-electron chi connectivity index (χ0n) is 23.2.